The van der Waals surface area contributed by atoms with Gasteiger partial charge < -0.3 is 15.1 Å². The second-order valence-electron chi connectivity index (χ2n) is 6.15. The molecule has 0 bridgehead atoms. The molecular formula is C19H18F3N3O2. The van der Waals surface area contributed by atoms with E-state index in [0.29, 0.717) is 32.2 Å². The number of hydrogen-bond acceptors (Lipinski definition) is 3. The molecule has 0 aliphatic carbocycles. The zero-order valence-corrected chi connectivity index (χ0v) is 14.4. The number of hydrogen-bond donors (Lipinski definition) is 1. The minimum absolute atomic E-state index is 0.272. The highest BCUT2D eigenvalue weighted by molar-refractivity contribution is 5.96. The number of carbonyl (C=O) groups excluding carboxylic acids is 2. The third kappa shape index (κ3) is 4.58. The molecule has 27 heavy (non-hydrogen) atoms. The summed E-state index contributed by atoms with van der Waals surface area (Å²) in [6, 6.07) is 8.77. The molecule has 0 aromatic heterocycles. The summed E-state index contributed by atoms with van der Waals surface area (Å²) < 4.78 is 39.5. The third-order valence-corrected chi connectivity index (χ3v) is 4.40. The van der Waals surface area contributed by atoms with Crippen molar-refractivity contribution in [1.82, 2.24) is 10.2 Å². The van der Waals surface area contributed by atoms with Crippen molar-refractivity contribution in [2.75, 3.05) is 37.6 Å². The van der Waals surface area contributed by atoms with Crippen LogP contribution >= 0.6 is 0 Å². The molecule has 1 saturated heterocycles. The van der Waals surface area contributed by atoms with Crippen LogP contribution in [-0.2, 0) is 4.79 Å². The van der Waals surface area contributed by atoms with Gasteiger partial charge >= 0.3 is 0 Å². The number of halogens is 3. The van der Waals surface area contributed by atoms with Gasteiger partial charge in [-0.2, -0.15) is 0 Å². The molecule has 5 nitrogen and oxygen atoms in total. The van der Waals surface area contributed by atoms with Crippen LogP contribution in [0.1, 0.15) is 10.4 Å². The van der Waals surface area contributed by atoms with Gasteiger partial charge in [-0.25, -0.2) is 13.2 Å². The van der Waals surface area contributed by atoms with Gasteiger partial charge in [0, 0.05) is 37.9 Å². The molecule has 142 valence electrons. The molecule has 1 fully saturated rings. The number of nitrogens with one attached hydrogen (secondary N) is 1. The number of rotatable bonds is 4. The van der Waals surface area contributed by atoms with E-state index in [1.165, 1.54) is 12.1 Å². The maximum atomic E-state index is 13.6. The van der Waals surface area contributed by atoms with Crippen molar-refractivity contribution in [1.29, 1.82) is 0 Å². The van der Waals surface area contributed by atoms with E-state index in [1.807, 2.05) is 4.90 Å². The first-order chi connectivity index (χ1) is 12.9. The van der Waals surface area contributed by atoms with Gasteiger partial charge in [0.25, 0.3) is 5.91 Å². The molecular weight excluding hydrogens is 359 g/mol. The van der Waals surface area contributed by atoms with Crippen molar-refractivity contribution < 1.29 is 22.8 Å². The lowest BCUT2D eigenvalue weighted by atomic mass is 10.2. The number of anilines is 1. The van der Waals surface area contributed by atoms with Gasteiger partial charge in [-0.15, -0.1) is 0 Å². The number of carbonyl (C=O) groups is 2. The monoisotopic (exact) mass is 377 g/mol. The van der Waals surface area contributed by atoms with Gasteiger partial charge in [0.1, 0.15) is 17.5 Å². The smallest absolute Gasteiger partial charge is 0.254 e. The van der Waals surface area contributed by atoms with Crippen LogP contribution in [0.5, 0.6) is 0 Å². The minimum atomic E-state index is -0.979. The molecule has 1 aliphatic rings. The molecule has 8 heteroatoms. The molecule has 1 aliphatic heterocycles. The highest BCUT2D eigenvalue weighted by Crippen LogP contribution is 2.17. The molecule has 2 amide bonds. The average molecular weight is 377 g/mol. The van der Waals surface area contributed by atoms with Crippen LogP contribution in [0.25, 0.3) is 0 Å². The molecule has 3 rings (SSSR count). The molecule has 0 spiro atoms. The summed E-state index contributed by atoms with van der Waals surface area (Å²) in [4.78, 5) is 27.8. The largest absolute Gasteiger partial charge is 0.368 e. The molecule has 2 aromatic rings. The topological polar surface area (TPSA) is 52.7 Å². The highest BCUT2D eigenvalue weighted by atomic mass is 19.1. The normalized spacial score (nSPS) is 14.2. The van der Waals surface area contributed by atoms with E-state index in [0.717, 1.165) is 17.8 Å². The Bertz CT molecular complexity index is 835. The van der Waals surface area contributed by atoms with Gasteiger partial charge in [-0.3, -0.25) is 9.59 Å². The van der Waals surface area contributed by atoms with E-state index in [-0.39, 0.29) is 23.8 Å². The Morgan fingerprint density at radius 1 is 0.889 bits per heavy atom. The van der Waals surface area contributed by atoms with Gasteiger partial charge in [-0.1, -0.05) is 0 Å². The van der Waals surface area contributed by atoms with Crippen molar-refractivity contribution in [2.45, 2.75) is 0 Å². The quantitative estimate of drug-likeness (QED) is 0.889. The lowest BCUT2D eigenvalue weighted by molar-refractivity contribution is -0.130. The van der Waals surface area contributed by atoms with Gasteiger partial charge in [-0.05, 0) is 36.4 Å². The molecule has 0 unspecified atom stereocenters. The Balaban J connectivity index is 1.49. The van der Waals surface area contributed by atoms with Crippen LogP contribution < -0.4 is 10.2 Å². The summed E-state index contributed by atoms with van der Waals surface area (Å²) in [6.07, 6.45) is 0. The van der Waals surface area contributed by atoms with Crippen LogP contribution in [0.4, 0.5) is 18.9 Å². The average Bonchev–Trinajstić information content (AvgIpc) is 2.66. The lowest BCUT2D eigenvalue weighted by Gasteiger charge is -2.36. The molecule has 0 atom stereocenters. The molecule has 1 N–H and O–H groups in total. The Morgan fingerprint density at radius 3 is 2.15 bits per heavy atom. The van der Waals surface area contributed by atoms with Crippen LogP contribution in [0.15, 0.2) is 42.5 Å². The number of benzene rings is 2. The Kier molecular flexibility index (Phi) is 5.63. The fourth-order valence-corrected chi connectivity index (χ4v) is 2.90. The van der Waals surface area contributed by atoms with Gasteiger partial charge in [0.15, 0.2) is 0 Å². The number of amides is 2. The summed E-state index contributed by atoms with van der Waals surface area (Å²) in [5.74, 6) is -3.12. The van der Waals surface area contributed by atoms with E-state index in [2.05, 4.69) is 5.32 Å². The standard InChI is InChI=1S/C19H18F3N3O2/c20-13-1-4-15(5-2-13)24-7-9-25(10-8-24)18(26)12-23-19(27)16-6-3-14(21)11-17(16)22/h1-6,11H,7-10,12H2,(H,23,27). The predicted molar refractivity (Wildman–Crippen MR) is 93.9 cm³/mol. The summed E-state index contributed by atoms with van der Waals surface area (Å²) in [5, 5.41) is 2.36. The van der Waals surface area contributed by atoms with E-state index >= 15 is 0 Å². The summed E-state index contributed by atoms with van der Waals surface area (Å²) >= 11 is 0. The van der Waals surface area contributed by atoms with Gasteiger partial charge in [0.05, 0.1) is 12.1 Å². The van der Waals surface area contributed by atoms with E-state index in [4.69, 9.17) is 0 Å². The maximum absolute atomic E-state index is 13.6. The molecule has 0 saturated carbocycles. The molecule has 0 radical (unpaired) electrons. The van der Waals surface area contributed by atoms with Crippen LogP contribution in [-0.4, -0.2) is 49.4 Å². The second kappa shape index (κ2) is 8.11. The Labute approximate surface area is 154 Å². The van der Waals surface area contributed by atoms with Crippen molar-refractivity contribution in [3.63, 3.8) is 0 Å². The Hall–Kier alpha value is -3.03. The third-order valence-electron chi connectivity index (χ3n) is 4.40. The zero-order valence-electron chi connectivity index (χ0n) is 14.4. The Morgan fingerprint density at radius 2 is 1.52 bits per heavy atom. The van der Waals surface area contributed by atoms with Crippen LogP contribution in [0.3, 0.4) is 0 Å². The van der Waals surface area contributed by atoms with E-state index < -0.39 is 17.5 Å². The first kappa shape index (κ1) is 18.8. The summed E-state index contributed by atoms with van der Waals surface area (Å²) in [7, 11) is 0. The molecule has 2 aromatic carbocycles. The number of nitrogens with zero attached hydrogens (tertiary/aromatic N) is 2. The number of piperazine rings is 1. The van der Waals surface area contributed by atoms with Crippen molar-refractivity contribution >= 4 is 17.5 Å². The fourth-order valence-electron chi connectivity index (χ4n) is 2.90. The van der Waals surface area contributed by atoms with Crippen LogP contribution in [0, 0.1) is 17.5 Å². The van der Waals surface area contributed by atoms with Crippen LogP contribution in [0.2, 0.25) is 0 Å². The predicted octanol–water partition coefficient (Wildman–Crippen LogP) is 2.18. The summed E-state index contributed by atoms with van der Waals surface area (Å²) in [6.45, 7) is 1.80. The first-order valence-electron chi connectivity index (χ1n) is 8.45. The van der Waals surface area contributed by atoms with Crippen molar-refractivity contribution in [3.8, 4) is 0 Å². The lowest BCUT2D eigenvalue weighted by Crippen LogP contribution is -2.51. The zero-order chi connectivity index (χ0) is 19.4. The highest BCUT2D eigenvalue weighted by Gasteiger charge is 2.22. The first-order valence-corrected chi connectivity index (χ1v) is 8.45. The second-order valence-corrected chi connectivity index (χ2v) is 6.15. The fraction of sp³-hybridized carbons (Fsp3) is 0.263. The van der Waals surface area contributed by atoms with Gasteiger partial charge in [0.2, 0.25) is 5.91 Å². The van der Waals surface area contributed by atoms with E-state index in [9.17, 15) is 22.8 Å². The van der Waals surface area contributed by atoms with Crippen molar-refractivity contribution in [3.05, 3.63) is 65.5 Å². The minimum Gasteiger partial charge on any atom is -0.368 e. The maximum Gasteiger partial charge on any atom is 0.254 e. The van der Waals surface area contributed by atoms with E-state index in [1.54, 1.807) is 17.0 Å². The molecule has 1 heterocycles. The summed E-state index contributed by atoms with van der Waals surface area (Å²) in [5.41, 5.74) is 0.564. The SMILES string of the molecule is O=C(NCC(=O)N1CCN(c2ccc(F)cc2)CC1)c1ccc(F)cc1F. The van der Waals surface area contributed by atoms with Crippen molar-refractivity contribution in [2.24, 2.45) is 0 Å².